The summed E-state index contributed by atoms with van der Waals surface area (Å²) in [4.78, 5) is 9.12. The van der Waals surface area contributed by atoms with Crippen LogP contribution in [0.25, 0.3) is 0 Å². The van der Waals surface area contributed by atoms with Crippen LogP contribution < -0.4 is 0 Å². The van der Waals surface area contributed by atoms with E-state index >= 15 is 0 Å². The number of rotatable bonds is 1. The summed E-state index contributed by atoms with van der Waals surface area (Å²) in [5.41, 5.74) is 0. The van der Waals surface area contributed by atoms with Crippen molar-refractivity contribution >= 4 is 5.97 Å². The van der Waals surface area contributed by atoms with Crippen molar-refractivity contribution in [2.24, 2.45) is 0 Å². The van der Waals surface area contributed by atoms with Crippen molar-refractivity contribution in [3.05, 3.63) is 0 Å². The Morgan fingerprint density at radius 2 is 1.75 bits per heavy atom. The van der Waals surface area contributed by atoms with E-state index in [1.807, 2.05) is 0 Å². The summed E-state index contributed by atoms with van der Waals surface area (Å²) in [5, 5.41) is 15.0. The van der Waals surface area contributed by atoms with E-state index in [1.54, 1.807) is 0 Å². The van der Waals surface area contributed by atoms with E-state index in [9.17, 15) is 0 Å². The molecule has 0 aromatic heterocycles. The molecule has 0 fully saturated rings. The number of carboxylic acid groups (broad SMARTS) is 1. The number of carboxylic acids is 1. The first-order chi connectivity index (χ1) is 3.68. The van der Waals surface area contributed by atoms with Crippen molar-refractivity contribution in [1.29, 1.82) is 7.82 Å². The zero-order chi connectivity index (χ0) is 6.99. The number of hydrogen-bond acceptors (Lipinski definition) is 4. The van der Waals surface area contributed by atoms with Gasteiger partial charge in [0.05, 0.1) is 0 Å². The van der Waals surface area contributed by atoms with Gasteiger partial charge in [-0.15, -0.1) is 0 Å². The van der Waals surface area contributed by atoms with E-state index < -0.39 is 30.8 Å². The molecule has 4 N–H and O–H groups in total. The summed E-state index contributed by atoms with van der Waals surface area (Å²) in [7, 11) is 0. The zero-order valence-corrected chi connectivity index (χ0v) is 6.10. The molecular weight excluding hydrogens is 295 g/mol. The molecule has 0 aliphatic rings. The summed E-state index contributed by atoms with van der Waals surface area (Å²) in [6, 6.07) is 0. The van der Waals surface area contributed by atoms with Crippen LogP contribution in [0.5, 0.6) is 0 Å². The van der Waals surface area contributed by atoms with E-state index in [1.165, 1.54) is 0 Å². The fraction of sp³-hybridized carbons (Fsp3) is 0.500. The molecule has 0 aliphatic heterocycles. The van der Waals surface area contributed by atoms with Crippen LogP contribution in [-0.2, 0) is 23.0 Å². The topological polar surface area (TPSA) is 105 Å². The average molecular weight is 301 g/mol. The van der Waals surface area contributed by atoms with E-state index in [0.29, 0.717) is 0 Å². The summed E-state index contributed by atoms with van der Waals surface area (Å²) < 4.78 is 12.0. The Kier molecular flexibility index (Phi) is 13.1. The molecule has 0 rings (SSSR count). The van der Waals surface area contributed by atoms with Crippen LogP contribution in [0.2, 0.25) is 0 Å². The fourth-order valence-electron chi connectivity index (χ4n) is 0. The standard InChI is InChI=1S/C2H4O3.2HN.Pt/c3-1-2(4)5;;;/h3H,1H2,(H,4,5);2*1H;. The predicted molar refractivity (Wildman–Crippen MR) is 20.2 cm³/mol. The van der Waals surface area contributed by atoms with Crippen LogP contribution in [-0.4, -0.2) is 22.8 Å². The van der Waals surface area contributed by atoms with Crippen LogP contribution in [0, 0.1) is 7.82 Å². The van der Waals surface area contributed by atoms with Gasteiger partial charge in [-0.25, -0.2) is 4.79 Å². The van der Waals surface area contributed by atoms with Gasteiger partial charge >= 0.3 is 32.0 Å². The van der Waals surface area contributed by atoms with Crippen molar-refractivity contribution in [1.82, 2.24) is 0 Å². The van der Waals surface area contributed by atoms with E-state index in [4.69, 9.17) is 22.8 Å². The monoisotopic (exact) mass is 301 g/mol. The normalized spacial score (nSPS) is 7.12. The maximum absolute atomic E-state index is 9.12. The van der Waals surface area contributed by atoms with Crippen molar-refractivity contribution in [3.63, 3.8) is 0 Å². The van der Waals surface area contributed by atoms with Gasteiger partial charge in [0.25, 0.3) is 0 Å². The molecule has 8 heavy (non-hydrogen) atoms. The second kappa shape index (κ2) is 9.87. The Balaban J connectivity index is 0. The Hall–Kier alpha value is -0.282. The molecule has 0 unspecified atom stereocenters. The second-order valence-electron chi connectivity index (χ2n) is 0.631. The zero-order valence-electron chi connectivity index (χ0n) is 3.83. The van der Waals surface area contributed by atoms with Gasteiger partial charge in [-0.05, 0) is 0 Å². The van der Waals surface area contributed by atoms with Crippen LogP contribution in [0.4, 0.5) is 0 Å². The van der Waals surface area contributed by atoms with E-state index in [0.717, 1.165) is 0 Å². The van der Waals surface area contributed by atoms with Gasteiger partial charge in [0.2, 0.25) is 0 Å². The van der Waals surface area contributed by atoms with Crippen molar-refractivity contribution < 1.29 is 33.2 Å². The minimum absolute atomic E-state index is 0.778. The third kappa shape index (κ3) is 43.1. The minimum atomic E-state index is -1.19. The van der Waals surface area contributed by atoms with Crippen LogP contribution in [0.1, 0.15) is 0 Å². The molecular formula is C2H6N2O3Pt. The molecule has 0 amide bonds. The SMILES string of the molecule is O=C(O)CO.[NH]=[Pt]=[NH]. The summed E-state index contributed by atoms with van der Waals surface area (Å²) in [6.45, 7) is -0.778. The molecule has 5 nitrogen and oxygen atoms in total. The van der Waals surface area contributed by atoms with Crippen LogP contribution in [0.3, 0.4) is 0 Å². The molecule has 0 aromatic rings. The summed E-state index contributed by atoms with van der Waals surface area (Å²) in [6.07, 6.45) is 0. The van der Waals surface area contributed by atoms with Gasteiger partial charge in [0, 0.05) is 0 Å². The number of aliphatic carboxylic acids is 1. The van der Waals surface area contributed by atoms with E-state index in [-0.39, 0.29) is 0 Å². The molecule has 0 radical (unpaired) electrons. The number of aliphatic hydroxyl groups is 1. The second-order valence-corrected chi connectivity index (χ2v) is 1.20. The Labute approximate surface area is 54.2 Å². The third-order valence-electron chi connectivity index (χ3n) is 0.135. The number of hydrogen-bond donors (Lipinski definition) is 4. The Morgan fingerprint density at radius 1 is 1.62 bits per heavy atom. The van der Waals surface area contributed by atoms with Gasteiger partial charge in [-0.2, -0.15) is 0 Å². The fourth-order valence-corrected chi connectivity index (χ4v) is 0. The van der Waals surface area contributed by atoms with Gasteiger partial charge in [-0.3, -0.25) is 0 Å². The van der Waals surface area contributed by atoms with Gasteiger partial charge in [0.1, 0.15) is 6.61 Å². The third-order valence-corrected chi connectivity index (χ3v) is 0.135. The van der Waals surface area contributed by atoms with Crippen molar-refractivity contribution in [2.75, 3.05) is 6.61 Å². The average Bonchev–Trinajstić information content (AvgIpc) is 1.69. The van der Waals surface area contributed by atoms with Crippen LogP contribution >= 0.6 is 0 Å². The van der Waals surface area contributed by atoms with Gasteiger partial charge < -0.3 is 10.2 Å². The molecule has 52 valence electrons. The predicted octanol–water partition coefficient (Wildman–Crippen LogP) is -0.343. The van der Waals surface area contributed by atoms with Gasteiger partial charge in [-0.1, -0.05) is 0 Å². The van der Waals surface area contributed by atoms with E-state index in [2.05, 4.69) is 0 Å². The van der Waals surface area contributed by atoms with Crippen molar-refractivity contribution in [3.8, 4) is 0 Å². The quantitative estimate of drug-likeness (QED) is 0.532. The first kappa shape index (κ1) is 10.7. The summed E-state index contributed by atoms with van der Waals surface area (Å²) >= 11 is -0.917. The molecule has 0 bridgehead atoms. The maximum atomic E-state index is 9.12. The molecule has 6 heteroatoms. The molecule has 0 aliphatic carbocycles. The molecule has 0 saturated heterocycles. The molecule has 0 atom stereocenters. The molecule has 0 aromatic carbocycles. The number of carbonyl (C=O) groups is 1. The first-order valence-electron chi connectivity index (χ1n) is 1.41. The Bertz CT molecular complexity index is 97.5. The Morgan fingerprint density at radius 3 is 1.75 bits per heavy atom. The number of nitrogens with one attached hydrogen (secondary N) is 2. The van der Waals surface area contributed by atoms with Crippen LogP contribution in [0.15, 0.2) is 0 Å². The molecule has 0 heterocycles. The number of aliphatic hydroxyl groups excluding tert-OH is 1. The molecule has 0 saturated carbocycles. The molecule has 0 spiro atoms. The first-order valence-corrected chi connectivity index (χ1v) is 3.69. The summed E-state index contributed by atoms with van der Waals surface area (Å²) in [5.74, 6) is -1.19. The van der Waals surface area contributed by atoms with Gasteiger partial charge in [0.15, 0.2) is 0 Å². The van der Waals surface area contributed by atoms with Crippen molar-refractivity contribution in [2.45, 2.75) is 0 Å².